The van der Waals surface area contributed by atoms with E-state index in [2.05, 4.69) is 0 Å². The molecule has 0 aromatic heterocycles. The number of hydrogen-bond acceptors (Lipinski definition) is 6. The van der Waals surface area contributed by atoms with Crippen molar-refractivity contribution >= 4 is 21.4 Å². The van der Waals surface area contributed by atoms with E-state index in [1.807, 2.05) is 0 Å². The highest BCUT2D eigenvalue weighted by molar-refractivity contribution is 7.92. The third kappa shape index (κ3) is 4.36. The third-order valence-electron chi connectivity index (χ3n) is 4.43. The Morgan fingerprint density at radius 2 is 1.60 bits per heavy atom. The van der Waals surface area contributed by atoms with Crippen LogP contribution in [0.2, 0.25) is 0 Å². The minimum absolute atomic E-state index is 0.00457. The highest BCUT2D eigenvalue weighted by Crippen LogP contribution is 2.31. The number of hydrogen-bond donors (Lipinski definition) is 0. The fraction of sp³-hybridized carbons (Fsp3) is 0.143. The molecule has 0 saturated heterocycles. The Morgan fingerprint density at radius 3 is 2.23 bits per heavy atom. The Morgan fingerprint density at radius 1 is 0.900 bits per heavy atom. The number of para-hydroxylation sites is 1. The molecule has 0 atom stereocenters. The standard InChI is InChI=1S/C21H20N2O6S/c1-28-20-12-11-16(13-21(20)29-2)15-22(17-7-4-3-5-8-17)30(26,27)19-10-6-9-18(14-19)23(24)25/h3-14H,15H2,1-2H3. The molecule has 0 aliphatic rings. The van der Waals surface area contributed by atoms with Gasteiger partial charge in [0.25, 0.3) is 15.7 Å². The fourth-order valence-corrected chi connectivity index (χ4v) is 4.43. The maximum absolute atomic E-state index is 13.4. The predicted molar refractivity (Wildman–Crippen MR) is 112 cm³/mol. The number of anilines is 1. The van der Waals surface area contributed by atoms with Gasteiger partial charge in [-0.3, -0.25) is 14.4 Å². The van der Waals surface area contributed by atoms with Gasteiger partial charge in [-0.15, -0.1) is 0 Å². The van der Waals surface area contributed by atoms with Crippen LogP contribution in [-0.2, 0) is 16.6 Å². The molecule has 0 amide bonds. The van der Waals surface area contributed by atoms with Gasteiger partial charge in [0.1, 0.15) is 0 Å². The van der Waals surface area contributed by atoms with Crippen molar-refractivity contribution in [3.05, 3.63) is 88.5 Å². The van der Waals surface area contributed by atoms with Gasteiger partial charge in [-0.05, 0) is 35.9 Å². The first kappa shape index (κ1) is 21.1. The Balaban J connectivity index is 2.08. The van der Waals surface area contributed by atoms with Crippen molar-refractivity contribution in [2.45, 2.75) is 11.4 Å². The number of nitro benzene ring substituents is 1. The Bertz CT molecular complexity index is 1150. The van der Waals surface area contributed by atoms with Crippen molar-refractivity contribution in [2.75, 3.05) is 18.5 Å². The molecule has 9 heteroatoms. The molecule has 0 saturated carbocycles. The second kappa shape index (κ2) is 8.83. The summed E-state index contributed by atoms with van der Waals surface area (Å²) in [6.07, 6.45) is 0. The Kier molecular flexibility index (Phi) is 6.22. The average molecular weight is 428 g/mol. The average Bonchev–Trinajstić information content (AvgIpc) is 2.77. The number of sulfonamides is 1. The van der Waals surface area contributed by atoms with Gasteiger partial charge in [-0.25, -0.2) is 8.42 Å². The second-order valence-electron chi connectivity index (χ2n) is 6.29. The molecule has 3 aromatic rings. The lowest BCUT2D eigenvalue weighted by Crippen LogP contribution is -2.30. The number of rotatable bonds is 8. The fourth-order valence-electron chi connectivity index (χ4n) is 2.94. The lowest BCUT2D eigenvalue weighted by atomic mass is 10.2. The van der Waals surface area contributed by atoms with Gasteiger partial charge in [0, 0.05) is 12.1 Å². The molecule has 0 radical (unpaired) electrons. The van der Waals surface area contributed by atoms with Gasteiger partial charge in [0.15, 0.2) is 11.5 Å². The lowest BCUT2D eigenvalue weighted by molar-refractivity contribution is -0.385. The first-order valence-corrected chi connectivity index (χ1v) is 10.3. The van der Waals surface area contributed by atoms with Crippen LogP contribution in [0.25, 0.3) is 0 Å². The van der Waals surface area contributed by atoms with Gasteiger partial charge in [0.05, 0.1) is 36.3 Å². The number of ether oxygens (including phenoxy) is 2. The molecule has 0 N–H and O–H groups in total. The summed E-state index contributed by atoms with van der Waals surface area (Å²) in [5, 5.41) is 11.1. The van der Waals surface area contributed by atoms with E-state index in [0.29, 0.717) is 22.7 Å². The molecule has 3 rings (SSSR count). The van der Waals surface area contributed by atoms with Crippen LogP contribution in [0.5, 0.6) is 11.5 Å². The molecule has 0 unspecified atom stereocenters. The molecule has 0 heterocycles. The van der Waals surface area contributed by atoms with Gasteiger partial charge >= 0.3 is 0 Å². The van der Waals surface area contributed by atoms with E-state index in [4.69, 9.17) is 9.47 Å². The van der Waals surface area contributed by atoms with E-state index in [0.717, 1.165) is 6.07 Å². The predicted octanol–water partition coefficient (Wildman–Crippen LogP) is 4.01. The van der Waals surface area contributed by atoms with E-state index < -0.39 is 14.9 Å². The zero-order valence-electron chi connectivity index (χ0n) is 16.4. The van der Waals surface area contributed by atoms with Crippen molar-refractivity contribution < 1.29 is 22.8 Å². The quantitative estimate of drug-likeness (QED) is 0.397. The molecule has 156 valence electrons. The van der Waals surface area contributed by atoms with Crippen LogP contribution in [0.15, 0.2) is 77.7 Å². The van der Waals surface area contributed by atoms with Crippen molar-refractivity contribution in [3.63, 3.8) is 0 Å². The summed E-state index contributed by atoms with van der Waals surface area (Å²) >= 11 is 0. The summed E-state index contributed by atoms with van der Waals surface area (Å²) in [6, 6.07) is 18.7. The van der Waals surface area contributed by atoms with E-state index in [1.165, 1.54) is 36.7 Å². The summed E-state index contributed by atoms with van der Waals surface area (Å²) in [5.74, 6) is 0.991. The number of benzene rings is 3. The van der Waals surface area contributed by atoms with Gasteiger partial charge in [-0.2, -0.15) is 0 Å². The molecule has 0 aliphatic carbocycles. The van der Waals surface area contributed by atoms with Crippen LogP contribution >= 0.6 is 0 Å². The van der Waals surface area contributed by atoms with Crippen molar-refractivity contribution in [1.82, 2.24) is 0 Å². The van der Waals surface area contributed by atoms with Crippen molar-refractivity contribution in [3.8, 4) is 11.5 Å². The largest absolute Gasteiger partial charge is 0.493 e. The van der Waals surface area contributed by atoms with Gasteiger partial charge in [0.2, 0.25) is 0 Å². The maximum Gasteiger partial charge on any atom is 0.270 e. The third-order valence-corrected chi connectivity index (χ3v) is 6.20. The number of methoxy groups -OCH3 is 2. The van der Waals surface area contributed by atoms with Crippen LogP contribution < -0.4 is 13.8 Å². The number of nitrogens with zero attached hydrogens (tertiary/aromatic N) is 2. The summed E-state index contributed by atoms with van der Waals surface area (Å²) < 4.78 is 38.6. The van der Waals surface area contributed by atoms with Crippen molar-refractivity contribution in [2.24, 2.45) is 0 Å². The molecule has 0 spiro atoms. The Labute approximate surface area is 174 Å². The lowest BCUT2D eigenvalue weighted by Gasteiger charge is -2.25. The highest BCUT2D eigenvalue weighted by Gasteiger charge is 2.27. The molecule has 0 fully saturated rings. The highest BCUT2D eigenvalue weighted by atomic mass is 32.2. The molecule has 3 aromatic carbocycles. The molecular weight excluding hydrogens is 408 g/mol. The molecule has 0 bridgehead atoms. The second-order valence-corrected chi connectivity index (χ2v) is 8.15. The first-order chi connectivity index (χ1) is 14.4. The van der Waals surface area contributed by atoms with Crippen LogP contribution in [0.3, 0.4) is 0 Å². The zero-order chi connectivity index (χ0) is 21.7. The van der Waals surface area contributed by atoms with E-state index in [9.17, 15) is 18.5 Å². The van der Waals surface area contributed by atoms with E-state index in [-0.39, 0.29) is 17.1 Å². The normalized spacial score (nSPS) is 11.0. The summed E-state index contributed by atoms with van der Waals surface area (Å²) in [7, 11) is -1.08. The van der Waals surface area contributed by atoms with E-state index >= 15 is 0 Å². The minimum Gasteiger partial charge on any atom is -0.493 e. The molecule has 8 nitrogen and oxygen atoms in total. The van der Waals surface area contributed by atoms with Crippen LogP contribution in [0, 0.1) is 10.1 Å². The van der Waals surface area contributed by atoms with Gasteiger partial charge in [-0.1, -0.05) is 30.3 Å². The molecular formula is C21H20N2O6S. The van der Waals surface area contributed by atoms with Crippen LogP contribution in [0.1, 0.15) is 5.56 Å². The molecule has 30 heavy (non-hydrogen) atoms. The summed E-state index contributed by atoms with van der Waals surface area (Å²) in [6.45, 7) is -0.00457. The SMILES string of the molecule is COc1ccc(CN(c2ccccc2)S(=O)(=O)c2cccc([N+](=O)[O-])c2)cc1OC. The van der Waals surface area contributed by atoms with Crippen LogP contribution in [-0.4, -0.2) is 27.6 Å². The summed E-state index contributed by atoms with van der Waals surface area (Å²) in [4.78, 5) is 10.3. The van der Waals surface area contributed by atoms with E-state index in [1.54, 1.807) is 48.5 Å². The first-order valence-electron chi connectivity index (χ1n) is 8.90. The van der Waals surface area contributed by atoms with Crippen molar-refractivity contribution in [1.29, 1.82) is 0 Å². The number of nitro groups is 1. The summed E-state index contributed by atoms with van der Waals surface area (Å²) in [5.41, 5.74) is 0.791. The Hall–Kier alpha value is -3.59. The smallest absolute Gasteiger partial charge is 0.270 e. The monoisotopic (exact) mass is 428 g/mol. The minimum atomic E-state index is -4.09. The van der Waals surface area contributed by atoms with Gasteiger partial charge < -0.3 is 9.47 Å². The topological polar surface area (TPSA) is 99.0 Å². The van der Waals surface area contributed by atoms with Crippen LogP contribution in [0.4, 0.5) is 11.4 Å². The maximum atomic E-state index is 13.4. The molecule has 0 aliphatic heterocycles. The zero-order valence-corrected chi connectivity index (χ0v) is 17.2. The number of non-ortho nitro benzene ring substituents is 1.